The smallest absolute Gasteiger partial charge is 0.408 e. The van der Waals surface area contributed by atoms with E-state index in [2.05, 4.69) is 10.6 Å². The summed E-state index contributed by atoms with van der Waals surface area (Å²) in [5.74, 6) is -0.629. The van der Waals surface area contributed by atoms with E-state index in [0.717, 1.165) is 16.7 Å². The number of hydrogen-bond donors (Lipinski definition) is 2. The first-order valence-electron chi connectivity index (χ1n) is 11.1. The van der Waals surface area contributed by atoms with Gasteiger partial charge in [0.25, 0.3) is 0 Å². The molecule has 0 fully saturated rings. The number of carbonyl (C=O) groups is 3. The minimum Gasteiger partial charge on any atom is -0.444 e. The Bertz CT molecular complexity index is 835. The average Bonchev–Trinajstić information content (AvgIpc) is 2.56. The SMILES string of the molecule is Cc1ccc(C(C(=O)NC(C)(C)C)N(C(=O)C(C)NC(=O)OC(C)(C)C)C(C)C)c(C)c1. The molecule has 0 radical (unpaired) electrons. The first-order chi connectivity index (χ1) is 14.4. The van der Waals surface area contributed by atoms with Gasteiger partial charge in [-0.2, -0.15) is 0 Å². The molecule has 1 rings (SSSR count). The Balaban J connectivity index is 3.39. The fourth-order valence-electron chi connectivity index (χ4n) is 3.44. The van der Waals surface area contributed by atoms with Crippen molar-refractivity contribution < 1.29 is 19.1 Å². The van der Waals surface area contributed by atoms with E-state index >= 15 is 0 Å². The zero-order valence-corrected chi connectivity index (χ0v) is 21.5. The van der Waals surface area contributed by atoms with E-state index in [4.69, 9.17) is 4.74 Å². The van der Waals surface area contributed by atoms with E-state index in [1.807, 2.05) is 66.7 Å². The molecule has 0 heterocycles. The second-order valence-corrected chi connectivity index (χ2v) is 10.7. The van der Waals surface area contributed by atoms with E-state index in [1.165, 1.54) is 0 Å². The van der Waals surface area contributed by atoms with Crippen molar-refractivity contribution in [2.24, 2.45) is 0 Å². The number of aryl methyl sites for hydroxylation is 2. The lowest BCUT2D eigenvalue weighted by molar-refractivity contribution is -0.144. The minimum absolute atomic E-state index is 0.268. The van der Waals surface area contributed by atoms with E-state index in [9.17, 15) is 14.4 Å². The summed E-state index contributed by atoms with van der Waals surface area (Å²) in [5, 5.41) is 5.62. The van der Waals surface area contributed by atoms with Crippen molar-refractivity contribution in [1.29, 1.82) is 0 Å². The molecule has 2 atom stereocenters. The van der Waals surface area contributed by atoms with Crippen LogP contribution in [0.3, 0.4) is 0 Å². The second kappa shape index (κ2) is 10.4. The third-order valence-electron chi connectivity index (χ3n) is 4.66. The van der Waals surface area contributed by atoms with Crippen molar-refractivity contribution in [1.82, 2.24) is 15.5 Å². The number of nitrogens with zero attached hydrogens (tertiary/aromatic N) is 1. The summed E-state index contributed by atoms with van der Waals surface area (Å²) in [7, 11) is 0. The van der Waals surface area contributed by atoms with Gasteiger partial charge < -0.3 is 20.3 Å². The minimum atomic E-state index is -0.872. The number of carbonyl (C=O) groups excluding carboxylic acids is 3. The molecule has 3 amide bonds. The number of alkyl carbamates (subject to hydrolysis) is 1. The van der Waals surface area contributed by atoms with Crippen LogP contribution in [0.1, 0.15) is 85.0 Å². The van der Waals surface area contributed by atoms with Crippen LogP contribution in [0.4, 0.5) is 4.79 Å². The predicted octanol–water partition coefficient (Wildman–Crippen LogP) is 4.41. The highest BCUT2D eigenvalue weighted by Crippen LogP contribution is 2.28. The van der Waals surface area contributed by atoms with Crippen LogP contribution < -0.4 is 10.6 Å². The third kappa shape index (κ3) is 8.17. The zero-order valence-electron chi connectivity index (χ0n) is 21.5. The van der Waals surface area contributed by atoms with E-state index < -0.39 is 29.3 Å². The highest BCUT2D eigenvalue weighted by Gasteiger charge is 2.38. The predicted molar refractivity (Wildman–Crippen MR) is 127 cm³/mol. The molecule has 2 unspecified atom stereocenters. The maximum atomic E-state index is 13.5. The summed E-state index contributed by atoms with van der Waals surface area (Å²) in [6.45, 7) is 20.2. The molecule has 32 heavy (non-hydrogen) atoms. The molecule has 0 aliphatic heterocycles. The highest BCUT2D eigenvalue weighted by atomic mass is 16.6. The van der Waals surface area contributed by atoms with Crippen LogP contribution in [-0.2, 0) is 14.3 Å². The lowest BCUT2D eigenvalue weighted by Gasteiger charge is -2.38. The van der Waals surface area contributed by atoms with Crippen LogP contribution in [0.25, 0.3) is 0 Å². The molecule has 0 saturated heterocycles. The Hall–Kier alpha value is -2.57. The second-order valence-electron chi connectivity index (χ2n) is 10.7. The van der Waals surface area contributed by atoms with Gasteiger partial charge in [-0.15, -0.1) is 0 Å². The summed E-state index contributed by atoms with van der Waals surface area (Å²) in [6.07, 6.45) is -0.677. The molecule has 7 heteroatoms. The van der Waals surface area contributed by atoms with Crippen LogP contribution in [0.15, 0.2) is 18.2 Å². The number of benzene rings is 1. The molecule has 7 nitrogen and oxygen atoms in total. The summed E-state index contributed by atoms with van der Waals surface area (Å²) in [4.78, 5) is 40.8. The number of ether oxygens (including phenoxy) is 1. The van der Waals surface area contributed by atoms with Crippen molar-refractivity contribution in [2.45, 2.75) is 105 Å². The van der Waals surface area contributed by atoms with Gasteiger partial charge in [0, 0.05) is 11.6 Å². The van der Waals surface area contributed by atoms with Crippen molar-refractivity contribution in [2.75, 3.05) is 0 Å². The molecule has 0 spiro atoms. The fourth-order valence-corrected chi connectivity index (χ4v) is 3.44. The molecule has 1 aromatic carbocycles. The van der Waals surface area contributed by atoms with Gasteiger partial charge in [-0.05, 0) is 87.3 Å². The van der Waals surface area contributed by atoms with Crippen LogP contribution in [0, 0.1) is 13.8 Å². The molecule has 0 aromatic heterocycles. The van der Waals surface area contributed by atoms with Crippen LogP contribution in [-0.4, -0.2) is 46.0 Å². The number of hydrogen-bond acceptors (Lipinski definition) is 4. The van der Waals surface area contributed by atoms with Gasteiger partial charge in [-0.3, -0.25) is 9.59 Å². The molecule has 2 N–H and O–H groups in total. The molecule has 0 aliphatic carbocycles. The Morgan fingerprint density at radius 1 is 0.969 bits per heavy atom. The molecular weight excluding hydrogens is 406 g/mol. The van der Waals surface area contributed by atoms with Gasteiger partial charge in [0.2, 0.25) is 11.8 Å². The average molecular weight is 448 g/mol. The van der Waals surface area contributed by atoms with Gasteiger partial charge >= 0.3 is 6.09 Å². The molecule has 0 aliphatic rings. The van der Waals surface area contributed by atoms with E-state index in [-0.39, 0.29) is 17.9 Å². The molecular formula is C25H41N3O4. The summed E-state index contributed by atoms with van der Waals surface area (Å²) < 4.78 is 5.29. The van der Waals surface area contributed by atoms with Gasteiger partial charge in [-0.1, -0.05) is 23.8 Å². The van der Waals surface area contributed by atoms with Gasteiger partial charge in [0.15, 0.2) is 0 Å². The first kappa shape index (κ1) is 27.5. The highest BCUT2D eigenvalue weighted by molar-refractivity contribution is 5.92. The monoisotopic (exact) mass is 447 g/mol. The third-order valence-corrected chi connectivity index (χ3v) is 4.66. The van der Waals surface area contributed by atoms with Gasteiger partial charge in [0.05, 0.1) is 0 Å². The standard InChI is InChI=1S/C25H41N3O4/c1-15(2)28(22(30)18(5)26-23(31)32-25(9,10)11)20(21(29)27-24(6,7)8)19-13-12-16(3)14-17(19)4/h12-15,18,20H,1-11H3,(H,26,31)(H,27,29). The first-order valence-corrected chi connectivity index (χ1v) is 11.1. The lowest BCUT2D eigenvalue weighted by atomic mass is 9.94. The van der Waals surface area contributed by atoms with Crippen molar-refractivity contribution in [3.8, 4) is 0 Å². The quantitative estimate of drug-likeness (QED) is 0.676. The molecule has 0 saturated carbocycles. The largest absolute Gasteiger partial charge is 0.444 e. The summed E-state index contributed by atoms with van der Waals surface area (Å²) >= 11 is 0. The maximum Gasteiger partial charge on any atom is 0.408 e. The Morgan fingerprint density at radius 3 is 1.97 bits per heavy atom. The van der Waals surface area contributed by atoms with E-state index in [1.54, 1.807) is 32.6 Å². The number of nitrogens with one attached hydrogen (secondary N) is 2. The lowest BCUT2D eigenvalue weighted by Crippen LogP contribution is -2.55. The Labute approximate surface area is 193 Å². The number of amides is 3. The Morgan fingerprint density at radius 2 is 1.53 bits per heavy atom. The molecule has 1 aromatic rings. The van der Waals surface area contributed by atoms with Crippen LogP contribution in [0.2, 0.25) is 0 Å². The van der Waals surface area contributed by atoms with Crippen molar-refractivity contribution >= 4 is 17.9 Å². The molecule has 0 bridgehead atoms. The topological polar surface area (TPSA) is 87.7 Å². The van der Waals surface area contributed by atoms with E-state index in [0.29, 0.717) is 0 Å². The van der Waals surface area contributed by atoms with Gasteiger partial charge in [0.1, 0.15) is 17.7 Å². The summed E-state index contributed by atoms with van der Waals surface area (Å²) in [6, 6.07) is 3.82. The van der Waals surface area contributed by atoms with Crippen LogP contribution in [0.5, 0.6) is 0 Å². The van der Waals surface area contributed by atoms with Crippen LogP contribution >= 0.6 is 0 Å². The van der Waals surface area contributed by atoms with Crippen molar-refractivity contribution in [3.05, 3.63) is 34.9 Å². The Kier molecular flexibility index (Phi) is 8.90. The maximum absolute atomic E-state index is 13.5. The van der Waals surface area contributed by atoms with Gasteiger partial charge in [-0.25, -0.2) is 4.79 Å². The zero-order chi connectivity index (χ0) is 25.0. The number of rotatable bonds is 6. The van der Waals surface area contributed by atoms with Crippen molar-refractivity contribution in [3.63, 3.8) is 0 Å². The fraction of sp³-hybridized carbons (Fsp3) is 0.640. The normalized spacial score (nSPS) is 13.9. The summed E-state index contributed by atoms with van der Waals surface area (Å²) in [5.41, 5.74) is 1.59. The molecule has 180 valence electrons.